The van der Waals surface area contributed by atoms with Crippen LogP contribution < -0.4 is 11.1 Å². The fourth-order valence-electron chi connectivity index (χ4n) is 2.41. The van der Waals surface area contributed by atoms with Gasteiger partial charge in [-0.1, -0.05) is 12.2 Å². The van der Waals surface area contributed by atoms with E-state index in [2.05, 4.69) is 10.3 Å². The van der Waals surface area contributed by atoms with Gasteiger partial charge in [-0.25, -0.2) is 0 Å². The molecule has 0 saturated carbocycles. The van der Waals surface area contributed by atoms with Crippen molar-refractivity contribution in [1.82, 2.24) is 4.98 Å². The van der Waals surface area contributed by atoms with Crippen LogP contribution in [0.4, 0.5) is 5.69 Å². The first-order valence-electron chi connectivity index (χ1n) is 6.37. The Hall–Kier alpha value is -1.01. The number of hydrogen-bond acceptors (Lipinski definition) is 4. The molecule has 0 unspecified atom stereocenters. The van der Waals surface area contributed by atoms with Gasteiger partial charge in [-0.15, -0.1) is 0 Å². The average molecular weight is 297 g/mol. The molecule has 0 amide bonds. The molecule has 1 aromatic heterocycles. The van der Waals surface area contributed by atoms with Crippen LogP contribution in [-0.2, 0) is 10.8 Å². The first-order chi connectivity index (χ1) is 8.97. The summed E-state index contributed by atoms with van der Waals surface area (Å²) in [5.41, 5.74) is 9.38. The molecule has 0 bridgehead atoms. The number of nitrogens with zero attached hydrogens (tertiary/aromatic N) is 1. The summed E-state index contributed by atoms with van der Waals surface area (Å²) in [5.74, 6) is 1.53. The fourth-order valence-corrected chi connectivity index (χ4v) is 3.97. The molecule has 0 aliphatic carbocycles. The van der Waals surface area contributed by atoms with Gasteiger partial charge in [-0.2, -0.15) is 0 Å². The van der Waals surface area contributed by atoms with Crippen molar-refractivity contribution in [2.75, 3.05) is 16.8 Å². The van der Waals surface area contributed by atoms with E-state index in [1.807, 2.05) is 19.9 Å². The monoisotopic (exact) mass is 297 g/mol. The lowest BCUT2D eigenvalue weighted by atomic mass is 10.1. The number of nitrogens with one attached hydrogen (secondary N) is 1. The van der Waals surface area contributed by atoms with Crippen LogP contribution in [0.3, 0.4) is 0 Å². The van der Waals surface area contributed by atoms with Gasteiger partial charge in [-0.05, 0) is 32.8 Å². The quantitative estimate of drug-likeness (QED) is 0.831. The van der Waals surface area contributed by atoms with Gasteiger partial charge in [0, 0.05) is 45.4 Å². The van der Waals surface area contributed by atoms with E-state index in [4.69, 9.17) is 18.0 Å². The van der Waals surface area contributed by atoms with E-state index in [1.54, 1.807) is 0 Å². The third-order valence-corrected chi connectivity index (χ3v) is 4.91. The summed E-state index contributed by atoms with van der Waals surface area (Å²) in [6.45, 7) is 3.88. The molecule has 1 aliphatic heterocycles. The van der Waals surface area contributed by atoms with Crippen molar-refractivity contribution in [2.24, 2.45) is 5.73 Å². The molecule has 4 nitrogen and oxygen atoms in total. The minimum atomic E-state index is -0.645. The number of anilines is 1. The zero-order valence-corrected chi connectivity index (χ0v) is 12.9. The van der Waals surface area contributed by atoms with Crippen LogP contribution in [0.1, 0.15) is 29.8 Å². The molecular formula is C13H19N3OS2. The smallest absolute Gasteiger partial charge is 0.107 e. The second-order valence-corrected chi connectivity index (χ2v) is 7.04. The Morgan fingerprint density at radius 2 is 2.11 bits per heavy atom. The van der Waals surface area contributed by atoms with Crippen LogP contribution in [0.25, 0.3) is 0 Å². The number of rotatable bonds is 3. The largest absolute Gasteiger partial charge is 0.389 e. The third kappa shape index (κ3) is 3.51. The highest BCUT2D eigenvalue weighted by Gasteiger charge is 2.20. The number of thiocarbonyl (C=S) groups is 1. The van der Waals surface area contributed by atoms with Crippen LogP contribution >= 0.6 is 12.2 Å². The predicted octanol–water partition coefficient (Wildman–Crippen LogP) is 1.66. The molecule has 1 aromatic rings. The van der Waals surface area contributed by atoms with Crippen molar-refractivity contribution in [1.29, 1.82) is 0 Å². The van der Waals surface area contributed by atoms with Crippen LogP contribution in [0.5, 0.6) is 0 Å². The summed E-state index contributed by atoms with van der Waals surface area (Å²) in [6, 6.07) is 2.32. The van der Waals surface area contributed by atoms with Crippen molar-refractivity contribution in [3.05, 3.63) is 23.0 Å². The molecule has 3 N–H and O–H groups in total. The van der Waals surface area contributed by atoms with E-state index in [9.17, 15) is 4.21 Å². The lowest BCUT2D eigenvalue weighted by Crippen LogP contribution is -2.30. The Balaban J connectivity index is 2.24. The molecule has 104 valence electrons. The predicted molar refractivity (Wildman–Crippen MR) is 84.1 cm³/mol. The molecule has 1 aliphatic rings. The van der Waals surface area contributed by atoms with Gasteiger partial charge in [0.25, 0.3) is 0 Å². The number of nitrogens with two attached hydrogens (primary N) is 1. The zero-order valence-electron chi connectivity index (χ0n) is 11.2. The van der Waals surface area contributed by atoms with E-state index in [-0.39, 0.29) is 0 Å². The van der Waals surface area contributed by atoms with Crippen LogP contribution in [0, 0.1) is 13.8 Å². The summed E-state index contributed by atoms with van der Waals surface area (Å²) in [5, 5.41) is 3.49. The van der Waals surface area contributed by atoms with Crippen molar-refractivity contribution < 1.29 is 4.21 Å². The number of aryl methyl sites for hydroxylation is 2. The third-order valence-electron chi connectivity index (χ3n) is 3.32. The van der Waals surface area contributed by atoms with Crippen molar-refractivity contribution in [2.45, 2.75) is 32.7 Å². The maximum atomic E-state index is 11.4. The summed E-state index contributed by atoms with van der Waals surface area (Å²) >= 11 is 5.12. The number of hydrogen-bond donors (Lipinski definition) is 2. The highest BCUT2D eigenvalue weighted by Crippen LogP contribution is 2.23. The molecule has 0 radical (unpaired) electrons. The Bertz CT molecular complexity index is 521. The van der Waals surface area contributed by atoms with Crippen molar-refractivity contribution >= 4 is 33.7 Å². The van der Waals surface area contributed by atoms with Crippen molar-refractivity contribution in [3.8, 4) is 0 Å². The Morgan fingerprint density at radius 1 is 1.47 bits per heavy atom. The maximum absolute atomic E-state index is 11.4. The first-order valence-corrected chi connectivity index (χ1v) is 8.26. The lowest BCUT2D eigenvalue weighted by Gasteiger charge is -2.25. The Morgan fingerprint density at radius 3 is 2.68 bits per heavy atom. The van der Waals surface area contributed by atoms with Crippen LogP contribution in [0.2, 0.25) is 0 Å². The molecular weight excluding hydrogens is 278 g/mol. The molecule has 2 rings (SSSR count). The molecule has 0 spiro atoms. The van der Waals surface area contributed by atoms with E-state index in [0.717, 1.165) is 47.0 Å². The number of aromatic nitrogens is 1. The second-order valence-electron chi connectivity index (χ2n) is 4.90. The molecule has 1 fully saturated rings. The van der Waals surface area contributed by atoms with Crippen LogP contribution in [0.15, 0.2) is 6.07 Å². The van der Waals surface area contributed by atoms with Gasteiger partial charge >= 0.3 is 0 Å². The Kier molecular flexibility index (Phi) is 4.52. The van der Waals surface area contributed by atoms with E-state index < -0.39 is 10.8 Å². The van der Waals surface area contributed by atoms with Crippen LogP contribution in [-0.4, -0.2) is 31.7 Å². The minimum absolute atomic E-state index is 0.340. The van der Waals surface area contributed by atoms with Crippen molar-refractivity contribution in [3.63, 3.8) is 0 Å². The van der Waals surface area contributed by atoms with Gasteiger partial charge in [0.05, 0.1) is 5.56 Å². The van der Waals surface area contributed by atoms with Gasteiger partial charge in [-0.3, -0.25) is 9.19 Å². The van der Waals surface area contributed by atoms with E-state index in [1.165, 1.54) is 0 Å². The van der Waals surface area contributed by atoms with Gasteiger partial charge < -0.3 is 11.1 Å². The molecule has 0 atom stereocenters. The maximum Gasteiger partial charge on any atom is 0.107 e. The van der Waals surface area contributed by atoms with Gasteiger partial charge in [0.2, 0.25) is 0 Å². The zero-order chi connectivity index (χ0) is 14.0. The topological polar surface area (TPSA) is 68.0 Å². The highest BCUT2D eigenvalue weighted by molar-refractivity contribution is 7.85. The minimum Gasteiger partial charge on any atom is -0.389 e. The van der Waals surface area contributed by atoms with E-state index in [0.29, 0.717) is 11.0 Å². The molecule has 6 heteroatoms. The molecule has 2 heterocycles. The molecule has 1 saturated heterocycles. The fraction of sp³-hybridized carbons (Fsp3) is 0.538. The molecule has 0 aromatic carbocycles. The summed E-state index contributed by atoms with van der Waals surface area (Å²) in [4.78, 5) is 4.77. The SMILES string of the molecule is Cc1cc(NC2CCS(=O)CC2)c(C(N)=S)c(C)n1. The average Bonchev–Trinajstić information content (AvgIpc) is 2.30. The molecule has 19 heavy (non-hydrogen) atoms. The lowest BCUT2D eigenvalue weighted by molar-refractivity contribution is 0.624. The number of pyridine rings is 1. The van der Waals surface area contributed by atoms with E-state index >= 15 is 0 Å². The summed E-state index contributed by atoms with van der Waals surface area (Å²) in [7, 11) is -0.645. The van der Waals surface area contributed by atoms with Gasteiger partial charge in [0.15, 0.2) is 0 Å². The standard InChI is InChI=1S/C13H19N3OS2/c1-8-7-11(12(13(14)18)9(2)15-8)16-10-3-5-19(17)6-4-10/h7,10H,3-6H2,1-2H3,(H2,14,18)(H,15,16). The summed E-state index contributed by atoms with van der Waals surface area (Å²) in [6.07, 6.45) is 1.84. The second kappa shape index (κ2) is 5.96. The highest BCUT2D eigenvalue weighted by atomic mass is 32.2. The normalized spacial score (nSPS) is 23.1. The Labute approximate surface area is 121 Å². The first kappa shape index (κ1) is 14.4. The van der Waals surface area contributed by atoms with Gasteiger partial charge in [0.1, 0.15) is 4.99 Å². The summed E-state index contributed by atoms with van der Waals surface area (Å²) < 4.78 is 11.4.